The standard InChI is InChI=1S/C15H21N5/c1-4-20(11-13-5-7-17-8-6-13)15-18-10-14(9-16-3)12(2)19-15/h5-8,10,16H,4,9,11H2,1-3H3. The second-order valence-corrected chi connectivity index (χ2v) is 4.68. The molecule has 0 aliphatic heterocycles. The first-order chi connectivity index (χ1) is 9.74. The smallest absolute Gasteiger partial charge is 0.225 e. The largest absolute Gasteiger partial charge is 0.337 e. The van der Waals surface area contributed by atoms with Gasteiger partial charge in [0.25, 0.3) is 0 Å². The third kappa shape index (κ3) is 3.51. The molecule has 20 heavy (non-hydrogen) atoms. The van der Waals surface area contributed by atoms with Crippen molar-refractivity contribution < 1.29 is 0 Å². The first-order valence-corrected chi connectivity index (χ1v) is 6.85. The minimum Gasteiger partial charge on any atom is -0.337 e. The number of nitrogens with one attached hydrogen (secondary N) is 1. The second-order valence-electron chi connectivity index (χ2n) is 4.68. The van der Waals surface area contributed by atoms with Gasteiger partial charge < -0.3 is 10.2 Å². The van der Waals surface area contributed by atoms with Crippen molar-refractivity contribution in [1.82, 2.24) is 20.3 Å². The fraction of sp³-hybridized carbons (Fsp3) is 0.400. The van der Waals surface area contributed by atoms with Crippen LogP contribution in [0.5, 0.6) is 0 Å². The molecule has 0 radical (unpaired) electrons. The SMILES string of the molecule is CCN(Cc1ccncc1)c1ncc(CNC)c(C)n1. The summed E-state index contributed by atoms with van der Waals surface area (Å²) >= 11 is 0. The summed E-state index contributed by atoms with van der Waals surface area (Å²) in [5.41, 5.74) is 3.37. The van der Waals surface area contributed by atoms with Crippen molar-refractivity contribution in [3.8, 4) is 0 Å². The van der Waals surface area contributed by atoms with Crippen molar-refractivity contribution in [3.05, 3.63) is 47.5 Å². The molecule has 2 aromatic rings. The molecular weight excluding hydrogens is 250 g/mol. The number of aryl methyl sites for hydroxylation is 1. The molecule has 0 amide bonds. The molecule has 2 heterocycles. The van der Waals surface area contributed by atoms with E-state index >= 15 is 0 Å². The number of hydrogen-bond donors (Lipinski definition) is 1. The maximum atomic E-state index is 4.62. The molecule has 0 saturated carbocycles. The highest BCUT2D eigenvalue weighted by Crippen LogP contribution is 2.14. The molecule has 2 rings (SSSR count). The lowest BCUT2D eigenvalue weighted by atomic mass is 10.2. The highest BCUT2D eigenvalue weighted by molar-refractivity contribution is 5.34. The Morgan fingerprint density at radius 3 is 2.60 bits per heavy atom. The van der Waals surface area contributed by atoms with Crippen molar-refractivity contribution in [2.75, 3.05) is 18.5 Å². The highest BCUT2D eigenvalue weighted by atomic mass is 15.2. The van der Waals surface area contributed by atoms with E-state index in [9.17, 15) is 0 Å². The van der Waals surface area contributed by atoms with Crippen LogP contribution in [0.1, 0.15) is 23.7 Å². The average Bonchev–Trinajstić information content (AvgIpc) is 2.48. The fourth-order valence-electron chi connectivity index (χ4n) is 2.03. The number of aromatic nitrogens is 3. The van der Waals surface area contributed by atoms with Gasteiger partial charge in [-0.25, -0.2) is 9.97 Å². The molecule has 0 saturated heterocycles. The summed E-state index contributed by atoms with van der Waals surface area (Å²) in [5.74, 6) is 0.779. The Bertz CT molecular complexity index is 541. The molecule has 106 valence electrons. The van der Waals surface area contributed by atoms with Gasteiger partial charge in [0.15, 0.2) is 0 Å². The third-order valence-corrected chi connectivity index (χ3v) is 3.22. The van der Waals surface area contributed by atoms with E-state index in [1.165, 1.54) is 5.56 Å². The maximum Gasteiger partial charge on any atom is 0.225 e. The Kier molecular flexibility index (Phi) is 5.01. The van der Waals surface area contributed by atoms with Crippen LogP contribution in [0.3, 0.4) is 0 Å². The van der Waals surface area contributed by atoms with Crippen LogP contribution < -0.4 is 10.2 Å². The van der Waals surface area contributed by atoms with Crippen molar-refractivity contribution in [3.63, 3.8) is 0 Å². The van der Waals surface area contributed by atoms with Crippen LogP contribution in [0.4, 0.5) is 5.95 Å². The van der Waals surface area contributed by atoms with Crippen LogP contribution in [-0.2, 0) is 13.1 Å². The maximum absolute atomic E-state index is 4.62. The lowest BCUT2D eigenvalue weighted by molar-refractivity contribution is 0.763. The summed E-state index contributed by atoms with van der Waals surface area (Å²) in [4.78, 5) is 15.3. The molecule has 0 spiro atoms. The molecule has 1 N–H and O–H groups in total. The topological polar surface area (TPSA) is 53.9 Å². The lowest BCUT2D eigenvalue weighted by Gasteiger charge is -2.21. The molecule has 5 nitrogen and oxygen atoms in total. The summed E-state index contributed by atoms with van der Waals surface area (Å²) in [5, 5.41) is 3.13. The highest BCUT2D eigenvalue weighted by Gasteiger charge is 2.10. The monoisotopic (exact) mass is 271 g/mol. The van der Waals surface area contributed by atoms with E-state index in [0.717, 1.165) is 36.8 Å². The van der Waals surface area contributed by atoms with E-state index in [2.05, 4.69) is 32.1 Å². The minimum absolute atomic E-state index is 0.779. The molecule has 0 bridgehead atoms. The van der Waals surface area contributed by atoms with Gasteiger partial charge >= 0.3 is 0 Å². The van der Waals surface area contributed by atoms with Gasteiger partial charge in [0.2, 0.25) is 5.95 Å². The molecule has 0 atom stereocenters. The molecule has 0 unspecified atom stereocenters. The number of pyridine rings is 1. The van der Waals surface area contributed by atoms with Crippen LogP contribution in [0, 0.1) is 6.92 Å². The van der Waals surface area contributed by atoms with Crippen LogP contribution in [0.2, 0.25) is 0 Å². The van der Waals surface area contributed by atoms with Crippen LogP contribution in [-0.4, -0.2) is 28.5 Å². The fourth-order valence-corrected chi connectivity index (χ4v) is 2.03. The van der Waals surface area contributed by atoms with Crippen LogP contribution >= 0.6 is 0 Å². The van der Waals surface area contributed by atoms with Gasteiger partial charge in [0.05, 0.1) is 0 Å². The van der Waals surface area contributed by atoms with Crippen LogP contribution in [0.15, 0.2) is 30.7 Å². The molecule has 0 fully saturated rings. The molecule has 0 aliphatic carbocycles. The second kappa shape index (κ2) is 6.96. The number of nitrogens with zero attached hydrogens (tertiary/aromatic N) is 4. The predicted octanol–water partition coefficient (Wildman–Crippen LogP) is 1.93. The summed E-state index contributed by atoms with van der Waals surface area (Å²) < 4.78 is 0. The predicted molar refractivity (Wildman–Crippen MR) is 80.5 cm³/mol. The summed E-state index contributed by atoms with van der Waals surface area (Å²) in [7, 11) is 1.93. The average molecular weight is 271 g/mol. The summed E-state index contributed by atoms with van der Waals surface area (Å²) in [6, 6.07) is 4.04. The van der Waals surface area contributed by atoms with Crippen molar-refractivity contribution >= 4 is 5.95 Å². The normalized spacial score (nSPS) is 10.6. The first-order valence-electron chi connectivity index (χ1n) is 6.85. The van der Waals surface area contributed by atoms with E-state index in [1.807, 2.05) is 44.7 Å². The van der Waals surface area contributed by atoms with Gasteiger partial charge in [-0.1, -0.05) is 0 Å². The Labute approximate surface area is 120 Å². The molecule has 0 aliphatic rings. The van der Waals surface area contributed by atoms with Gasteiger partial charge in [-0.2, -0.15) is 0 Å². The van der Waals surface area contributed by atoms with Gasteiger partial charge in [0.1, 0.15) is 0 Å². The van der Waals surface area contributed by atoms with Gasteiger partial charge in [-0.3, -0.25) is 4.98 Å². The number of anilines is 1. The van der Waals surface area contributed by atoms with E-state index in [0.29, 0.717) is 0 Å². The zero-order valence-electron chi connectivity index (χ0n) is 12.3. The summed E-state index contributed by atoms with van der Waals surface area (Å²) in [6.45, 7) is 6.60. The zero-order valence-corrected chi connectivity index (χ0v) is 12.3. The van der Waals surface area contributed by atoms with Crippen molar-refractivity contribution in [2.45, 2.75) is 26.9 Å². The Morgan fingerprint density at radius 2 is 2.00 bits per heavy atom. The Balaban J connectivity index is 2.17. The van der Waals surface area contributed by atoms with Gasteiger partial charge in [-0.15, -0.1) is 0 Å². The zero-order chi connectivity index (χ0) is 14.4. The summed E-state index contributed by atoms with van der Waals surface area (Å²) in [6.07, 6.45) is 5.53. The number of hydrogen-bond acceptors (Lipinski definition) is 5. The van der Waals surface area contributed by atoms with E-state index < -0.39 is 0 Å². The minimum atomic E-state index is 0.779. The molecular formula is C15H21N5. The number of rotatable bonds is 6. The van der Waals surface area contributed by atoms with Crippen molar-refractivity contribution in [1.29, 1.82) is 0 Å². The lowest BCUT2D eigenvalue weighted by Crippen LogP contribution is -2.25. The van der Waals surface area contributed by atoms with E-state index in [4.69, 9.17) is 0 Å². The molecule has 5 heteroatoms. The molecule has 0 aromatic carbocycles. The van der Waals surface area contributed by atoms with E-state index in [1.54, 1.807) is 0 Å². The van der Waals surface area contributed by atoms with Gasteiger partial charge in [0, 0.05) is 49.5 Å². The van der Waals surface area contributed by atoms with Crippen molar-refractivity contribution in [2.24, 2.45) is 0 Å². The Morgan fingerprint density at radius 1 is 1.25 bits per heavy atom. The quantitative estimate of drug-likeness (QED) is 0.870. The van der Waals surface area contributed by atoms with Gasteiger partial charge in [-0.05, 0) is 38.6 Å². The first kappa shape index (κ1) is 14.4. The van der Waals surface area contributed by atoms with Crippen LogP contribution in [0.25, 0.3) is 0 Å². The Hall–Kier alpha value is -2.01. The van der Waals surface area contributed by atoms with E-state index in [-0.39, 0.29) is 0 Å². The third-order valence-electron chi connectivity index (χ3n) is 3.22. The molecule has 2 aromatic heterocycles.